The molecule has 0 radical (unpaired) electrons. The van der Waals surface area contributed by atoms with Crippen LogP contribution in [-0.4, -0.2) is 24.5 Å². The number of nitrogens with one attached hydrogen (secondary N) is 1. The number of aryl methyl sites for hydroxylation is 2. The van der Waals surface area contributed by atoms with E-state index in [0.29, 0.717) is 5.56 Å². The van der Waals surface area contributed by atoms with Crippen LogP contribution in [0.15, 0.2) is 18.2 Å². The van der Waals surface area contributed by atoms with Crippen LogP contribution in [0.2, 0.25) is 0 Å². The molecule has 0 unspecified atom stereocenters. The number of ether oxygens (including phenoxy) is 1. The van der Waals surface area contributed by atoms with Crippen LogP contribution in [0.5, 0.6) is 0 Å². The molecule has 0 spiro atoms. The molecule has 0 fully saturated rings. The second-order valence-electron chi connectivity index (χ2n) is 4.24. The third kappa shape index (κ3) is 4.43. The molecule has 1 aromatic carbocycles. The van der Waals surface area contributed by atoms with E-state index in [-0.39, 0.29) is 12.5 Å². The fourth-order valence-corrected chi connectivity index (χ4v) is 1.40. The lowest BCUT2D eigenvalue weighted by molar-refractivity contribution is -0.144. The first-order chi connectivity index (χ1) is 8.93. The van der Waals surface area contributed by atoms with Gasteiger partial charge < -0.3 is 10.1 Å². The number of nitriles is 1. The molecule has 0 bridgehead atoms. The maximum absolute atomic E-state index is 11.8. The van der Waals surface area contributed by atoms with Gasteiger partial charge in [-0.1, -0.05) is 6.07 Å². The van der Waals surface area contributed by atoms with Crippen molar-refractivity contribution in [2.45, 2.75) is 26.9 Å². The van der Waals surface area contributed by atoms with Crippen LogP contribution < -0.4 is 5.32 Å². The lowest BCUT2D eigenvalue weighted by Gasteiger charge is -2.08. The Labute approximate surface area is 112 Å². The fraction of sp³-hybridized carbons (Fsp3) is 0.357. The lowest BCUT2D eigenvalue weighted by atomic mass is 10.1. The Kier molecular flexibility index (Phi) is 5.07. The van der Waals surface area contributed by atoms with Gasteiger partial charge in [-0.15, -0.1) is 0 Å². The van der Waals surface area contributed by atoms with Crippen molar-refractivity contribution in [3.63, 3.8) is 0 Å². The molecule has 0 saturated heterocycles. The van der Waals surface area contributed by atoms with E-state index in [2.05, 4.69) is 5.32 Å². The molecule has 0 saturated carbocycles. The van der Waals surface area contributed by atoms with E-state index >= 15 is 0 Å². The quantitative estimate of drug-likeness (QED) is 0.832. The molecule has 0 aliphatic carbocycles. The largest absolute Gasteiger partial charge is 0.446 e. The maximum atomic E-state index is 11.8. The number of hydrogen-bond acceptors (Lipinski definition) is 4. The summed E-state index contributed by atoms with van der Waals surface area (Å²) in [6.07, 6.45) is -0.814. The minimum Gasteiger partial charge on any atom is -0.446 e. The van der Waals surface area contributed by atoms with Gasteiger partial charge in [0, 0.05) is 5.56 Å². The highest BCUT2D eigenvalue weighted by Crippen LogP contribution is 2.09. The second-order valence-corrected chi connectivity index (χ2v) is 4.24. The molecular formula is C14H16N2O3. The predicted octanol–water partition coefficient (Wildman–Crippen LogP) is 1.49. The van der Waals surface area contributed by atoms with Gasteiger partial charge in [0.1, 0.15) is 12.6 Å². The Hall–Kier alpha value is -2.35. The van der Waals surface area contributed by atoms with Gasteiger partial charge in [0.05, 0.1) is 0 Å². The van der Waals surface area contributed by atoms with E-state index in [4.69, 9.17) is 10.00 Å². The molecular weight excluding hydrogens is 244 g/mol. The van der Waals surface area contributed by atoms with Gasteiger partial charge in [0.15, 0.2) is 6.10 Å². The first-order valence-corrected chi connectivity index (χ1v) is 5.88. The molecule has 100 valence electrons. The minimum atomic E-state index is -0.814. The van der Waals surface area contributed by atoms with E-state index in [1.165, 1.54) is 6.92 Å². The molecule has 5 heteroatoms. The number of esters is 1. The average Bonchev–Trinajstić information content (AvgIpc) is 2.39. The average molecular weight is 260 g/mol. The van der Waals surface area contributed by atoms with Crippen LogP contribution in [0.1, 0.15) is 28.4 Å². The second kappa shape index (κ2) is 6.55. The molecule has 0 heterocycles. The Bertz CT molecular complexity index is 532. The SMILES string of the molecule is Cc1ccc(C(=O)NCC(=O)O[C@@H](C)C#N)cc1C. The van der Waals surface area contributed by atoms with Crippen LogP contribution >= 0.6 is 0 Å². The van der Waals surface area contributed by atoms with E-state index < -0.39 is 12.1 Å². The molecule has 1 amide bonds. The number of carbonyl (C=O) groups excluding carboxylic acids is 2. The van der Waals surface area contributed by atoms with Crippen molar-refractivity contribution in [1.82, 2.24) is 5.32 Å². The number of nitrogens with zero attached hydrogens (tertiary/aromatic N) is 1. The smallest absolute Gasteiger partial charge is 0.326 e. The minimum absolute atomic E-state index is 0.252. The van der Waals surface area contributed by atoms with Crippen molar-refractivity contribution in [3.05, 3.63) is 34.9 Å². The summed E-state index contributed by atoms with van der Waals surface area (Å²) >= 11 is 0. The lowest BCUT2D eigenvalue weighted by Crippen LogP contribution is -2.31. The van der Waals surface area contributed by atoms with Gasteiger partial charge >= 0.3 is 5.97 Å². The molecule has 1 rings (SSSR count). The van der Waals surface area contributed by atoms with Crippen LogP contribution in [-0.2, 0) is 9.53 Å². The normalized spacial score (nSPS) is 11.3. The van der Waals surface area contributed by atoms with Gasteiger partial charge in [-0.2, -0.15) is 5.26 Å². The molecule has 1 aromatic rings. The number of hydrogen-bond donors (Lipinski definition) is 1. The summed E-state index contributed by atoms with van der Waals surface area (Å²) in [5, 5.41) is 10.9. The predicted molar refractivity (Wildman–Crippen MR) is 69.4 cm³/mol. The molecule has 5 nitrogen and oxygen atoms in total. The molecule has 1 atom stereocenters. The van der Waals surface area contributed by atoms with Crippen molar-refractivity contribution in [3.8, 4) is 6.07 Å². The van der Waals surface area contributed by atoms with Crippen molar-refractivity contribution in [1.29, 1.82) is 5.26 Å². The van der Waals surface area contributed by atoms with Crippen molar-refractivity contribution < 1.29 is 14.3 Å². The maximum Gasteiger partial charge on any atom is 0.326 e. The van der Waals surface area contributed by atoms with Crippen molar-refractivity contribution >= 4 is 11.9 Å². The third-order valence-electron chi connectivity index (χ3n) is 2.65. The van der Waals surface area contributed by atoms with Gasteiger partial charge in [-0.05, 0) is 44.0 Å². The first-order valence-electron chi connectivity index (χ1n) is 5.88. The fourth-order valence-electron chi connectivity index (χ4n) is 1.40. The van der Waals surface area contributed by atoms with Crippen LogP contribution in [0.3, 0.4) is 0 Å². The summed E-state index contributed by atoms with van der Waals surface area (Å²) in [4.78, 5) is 23.1. The number of benzene rings is 1. The Balaban J connectivity index is 2.54. The first kappa shape index (κ1) is 14.7. The highest BCUT2D eigenvalue weighted by Gasteiger charge is 2.11. The highest BCUT2D eigenvalue weighted by molar-refractivity contribution is 5.96. The van der Waals surface area contributed by atoms with E-state index in [0.717, 1.165) is 11.1 Å². The topological polar surface area (TPSA) is 79.2 Å². The number of amides is 1. The Morgan fingerprint density at radius 1 is 1.37 bits per heavy atom. The monoisotopic (exact) mass is 260 g/mol. The summed E-state index contributed by atoms with van der Waals surface area (Å²) in [5.41, 5.74) is 2.59. The Morgan fingerprint density at radius 2 is 2.05 bits per heavy atom. The van der Waals surface area contributed by atoms with Gasteiger partial charge in [-0.3, -0.25) is 9.59 Å². The van der Waals surface area contributed by atoms with E-state index in [9.17, 15) is 9.59 Å². The number of carbonyl (C=O) groups is 2. The van der Waals surface area contributed by atoms with Crippen molar-refractivity contribution in [2.75, 3.05) is 6.54 Å². The summed E-state index contributed by atoms with van der Waals surface area (Å²) in [6.45, 7) is 5.08. The van der Waals surface area contributed by atoms with E-state index in [1.54, 1.807) is 18.2 Å². The van der Waals surface area contributed by atoms with Crippen LogP contribution in [0, 0.1) is 25.2 Å². The summed E-state index contributed by atoms with van der Waals surface area (Å²) in [6, 6.07) is 7.07. The summed E-state index contributed by atoms with van der Waals surface area (Å²) in [5.74, 6) is -0.976. The van der Waals surface area contributed by atoms with Crippen molar-refractivity contribution in [2.24, 2.45) is 0 Å². The van der Waals surface area contributed by atoms with Crippen LogP contribution in [0.4, 0.5) is 0 Å². The van der Waals surface area contributed by atoms with Gasteiger partial charge in [0.25, 0.3) is 5.91 Å². The highest BCUT2D eigenvalue weighted by atomic mass is 16.5. The molecule has 0 aliphatic rings. The van der Waals surface area contributed by atoms with Gasteiger partial charge in [0.2, 0.25) is 0 Å². The zero-order valence-electron chi connectivity index (χ0n) is 11.2. The van der Waals surface area contributed by atoms with Gasteiger partial charge in [-0.25, -0.2) is 0 Å². The van der Waals surface area contributed by atoms with E-state index in [1.807, 2.05) is 19.9 Å². The summed E-state index contributed by atoms with van der Waals surface area (Å²) < 4.78 is 4.71. The third-order valence-corrected chi connectivity index (χ3v) is 2.65. The summed E-state index contributed by atoms with van der Waals surface area (Å²) in [7, 11) is 0. The standard InChI is InChI=1S/C14H16N2O3/c1-9-4-5-12(6-10(9)2)14(18)16-8-13(17)19-11(3)7-15/h4-6,11H,8H2,1-3H3,(H,16,18)/t11-/m0/s1. The zero-order valence-corrected chi connectivity index (χ0v) is 11.2. The molecule has 0 aliphatic heterocycles. The number of rotatable bonds is 4. The molecule has 1 N–H and O–H groups in total. The molecule has 0 aromatic heterocycles. The molecule has 19 heavy (non-hydrogen) atoms. The zero-order chi connectivity index (χ0) is 14.4. The Morgan fingerprint density at radius 3 is 2.63 bits per heavy atom. The van der Waals surface area contributed by atoms with Crippen LogP contribution in [0.25, 0.3) is 0 Å².